The lowest BCUT2D eigenvalue weighted by Crippen LogP contribution is -2.43. The first-order valence-electron chi connectivity index (χ1n) is 18.4. The summed E-state index contributed by atoms with van der Waals surface area (Å²) in [6.45, 7) is 6.60. The van der Waals surface area contributed by atoms with E-state index in [1.54, 1.807) is 18.2 Å². The molecule has 0 spiro atoms. The highest BCUT2D eigenvalue weighted by molar-refractivity contribution is 7.99. The highest BCUT2D eigenvalue weighted by Gasteiger charge is 2.35. The molecule has 0 aliphatic carbocycles. The van der Waals surface area contributed by atoms with E-state index in [1.165, 1.54) is 23.0 Å². The van der Waals surface area contributed by atoms with E-state index in [2.05, 4.69) is 39.8 Å². The summed E-state index contributed by atoms with van der Waals surface area (Å²) in [5.74, 6) is 0.126. The monoisotopic (exact) mass is 766 g/mol. The average Bonchev–Trinajstić information content (AvgIpc) is 3.69. The maximum atomic E-state index is 13.8. The summed E-state index contributed by atoms with van der Waals surface area (Å²) in [6.07, 6.45) is 2.15. The number of amides is 3. The summed E-state index contributed by atoms with van der Waals surface area (Å²) >= 11 is 1.52. The highest BCUT2D eigenvalue weighted by atomic mass is 32.2. The Balaban J connectivity index is 1.09. The van der Waals surface area contributed by atoms with Crippen LogP contribution in [0.3, 0.4) is 0 Å². The number of carbonyl (C=O) groups is 3. The van der Waals surface area contributed by atoms with Crippen LogP contribution in [0.25, 0.3) is 11.0 Å². The fourth-order valence-corrected chi connectivity index (χ4v) is 7.32. The first-order valence-corrected chi connectivity index (χ1v) is 19.2. The zero-order valence-corrected chi connectivity index (χ0v) is 32.1. The molecule has 0 saturated carbocycles. The van der Waals surface area contributed by atoms with E-state index in [0.29, 0.717) is 59.2 Å². The highest BCUT2D eigenvalue weighted by Crippen LogP contribution is 2.37. The van der Waals surface area contributed by atoms with Crippen molar-refractivity contribution in [2.75, 3.05) is 28.2 Å². The summed E-state index contributed by atoms with van der Waals surface area (Å²) in [5.41, 5.74) is 11.9. The van der Waals surface area contributed by atoms with Crippen LogP contribution in [0.2, 0.25) is 0 Å². The molecule has 284 valence electrons. The summed E-state index contributed by atoms with van der Waals surface area (Å²) in [7, 11) is 0. The van der Waals surface area contributed by atoms with Crippen LogP contribution < -0.4 is 21.7 Å². The van der Waals surface area contributed by atoms with Crippen LogP contribution >= 0.6 is 11.8 Å². The molecule has 1 aliphatic heterocycles. The van der Waals surface area contributed by atoms with Crippen LogP contribution in [0.15, 0.2) is 119 Å². The molecule has 1 saturated heterocycles. The molecule has 5 N–H and O–H groups in total. The third-order valence-electron chi connectivity index (χ3n) is 9.31. The average molecular weight is 767 g/mol. The lowest BCUT2D eigenvalue weighted by molar-refractivity contribution is -0.120. The fraction of sp³-hybridized carbons (Fsp3) is 0.209. The minimum atomic E-state index is -0.674. The summed E-state index contributed by atoms with van der Waals surface area (Å²) < 4.78 is 5.52. The normalized spacial score (nSPS) is 13.8. The van der Waals surface area contributed by atoms with Crippen LogP contribution in [0.1, 0.15) is 59.8 Å². The van der Waals surface area contributed by atoms with Crippen LogP contribution in [0.5, 0.6) is 0 Å². The number of benzene rings is 4. The van der Waals surface area contributed by atoms with Crippen molar-refractivity contribution in [3.05, 3.63) is 132 Å². The van der Waals surface area contributed by atoms with Gasteiger partial charge in [-0.3, -0.25) is 14.5 Å². The van der Waals surface area contributed by atoms with Crippen LogP contribution in [0.4, 0.5) is 33.4 Å². The molecule has 13 heteroatoms. The third kappa shape index (κ3) is 9.07. The topological polar surface area (TPSA) is 164 Å². The Hall–Kier alpha value is -6.47. The lowest BCUT2D eigenvalue weighted by atomic mass is 10.1. The number of anilines is 5. The zero-order chi connectivity index (χ0) is 39.2. The molecule has 1 fully saturated rings. The number of carbonyl (C=O) groups excluding carboxylic acids is 3. The van der Waals surface area contributed by atoms with Gasteiger partial charge in [0.15, 0.2) is 5.65 Å². The first-order chi connectivity index (χ1) is 27.1. The van der Waals surface area contributed by atoms with Crippen LogP contribution in [-0.4, -0.2) is 50.3 Å². The molecule has 4 aromatic carbocycles. The van der Waals surface area contributed by atoms with Gasteiger partial charge in [0.25, 0.3) is 5.91 Å². The van der Waals surface area contributed by atoms with Crippen molar-refractivity contribution in [3.63, 3.8) is 0 Å². The van der Waals surface area contributed by atoms with E-state index in [9.17, 15) is 14.4 Å². The molecule has 3 heterocycles. The van der Waals surface area contributed by atoms with Gasteiger partial charge in [-0.05, 0) is 110 Å². The minimum Gasteiger partial charge on any atom is -0.445 e. The number of nitrogens with one attached hydrogen (secondary N) is 3. The molecule has 6 aromatic rings. The van der Waals surface area contributed by atoms with Crippen molar-refractivity contribution in [1.82, 2.24) is 19.9 Å². The number of nitrogens with zero attached hydrogens (tertiary/aromatic N) is 4. The molecule has 7 rings (SSSR count). The number of nitrogens with two attached hydrogens (primary N) is 1. The maximum Gasteiger partial charge on any atom is 0.410 e. The predicted octanol–water partition coefficient (Wildman–Crippen LogP) is 8.93. The molecule has 12 nitrogen and oxygen atoms in total. The molecule has 0 bridgehead atoms. The maximum absolute atomic E-state index is 13.8. The van der Waals surface area contributed by atoms with Gasteiger partial charge in [-0.1, -0.05) is 55.9 Å². The van der Waals surface area contributed by atoms with Gasteiger partial charge in [-0.25, -0.2) is 19.7 Å². The summed E-state index contributed by atoms with van der Waals surface area (Å²) in [5, 5.41) is 10.1. The van der Waals surface area contributed by atoms with Gasteiger partial charge in [-0.15, -0.1) is 0 Å². The zero-order valence-electron chi connectivity index (χ0n) is 31.3. The summed E-state index contributed by atoms with van der Waals surface area (Å²) in [6, 6.07) is 31.0. The number of pyridine rings is 1. The van der Waals surface area contributed by atoms with Crippen molar-refractivity contribution < 1.29 is 19.1 Å². The quantitative estimate of drug-likeness (QED) is 0.0936. The minimum absolute atomic E-state index is 0.126. The van der Waals surface area contributed by atoms with E-state index >= 15 is 0 Å². The lowest BCUT2D eigenvalue weighted by Gasteiger charge is -2.23. The van der Waals surface area contributed by atoms with E-state index in [0.717, 1.165) is 32.0 Å². The molecule has 1 aliphatic rings. The van der Waals surface area contributed by atoms with E-state index in [1.807, 2.05) is 91.9 Å². The van der Waals surface area contributed by atoms with Gasteiger partial charge in [0.2, 0.25) is 5.91 Å². The smallest absolute Gasteiger partial charge is 0.410 e. The number of hydrogen-bond acceptors (Lipinski definition) is 10. The number of aryl methyl sites for hydroxylation is 1. The second-order valence-corrected chi connectivity index (χ2v) is 15.0. The second kappa shape index (κ2) is 16.9. The molecule has 1 unspecified atom stereocenters. The summed E-state index contributed by atoms with van der Waals surface area (Å²) in [4.78, 5) is 57.2. The van der Waals surface area contributed by atoms with Crippen LogP contribution in [-0.2, 0) is 16.1 Å². The van der Waals surface area contributed by atoms with Crippen molar-refractivity contribution in [2.45, 2.75) is 62.0 Å². The van der Waals surface area contributed by atoms with Gasteiger partial charge in [0, 0.05) is 44.7 Å². The van der Waals surface area contributed by atoms with Crippen molar-refractivity contribution in [2.24, 2.45) is 0 Å². The van der Waals surface area contributed by atoms with Crippen molar-refractivity contribution >= 4 is 69.3 Å². The fourth-order valence-electron chi connectivity index (χ4n) is 6.44. The van der Waals surface area contributed by atoms with Crippen molar-refractivity contribution in [1.29, 1.82) is 0 Å². The van der Waals surface area contributed by atoms with Crippen molar-refractivity contribution in [3.8, 4) is 0 Å². The molecule has 56 heavy (non-hydrogen) atoms. The van der Waals surface area contributed by atoms with Gasteiger partial charge in [0.05, 0.1) is 11.1 Å². The molecule has 0 radical (unpaired) electrons. The number of rotatable bonds is 11. The Morgan fingerprint density at radius 2 is 1.68 bits per heavy atom. The third-order valence-corrected chi connectivity index (χ3v) is 10.4. The largest absolute Gasteiger partial charge is 0.445 e. The number of nitrogen functional groups attached to an aromatic ring is 1. The van der Waals surface area contributed by atoms with E-state index in [4.69, 9.17) is 15.5 Å². The van der Waals surface area contributed by atoms with Gasteiger partial charge in [-0.2, -0.15) is 0 Å². The number of ether oxygens (including phenoxy) is 1. The van der Waals surface area contributed by atoms with Gasteiger partial charge in [0.1, 0.15) is 24.8 Å². The molecular formula is C43H42N8O4S. The number of fused-ring (bicyclic) bond motifs is 1. The Labute approximate surface area is 329 Å². The van der Waals surface area contributed by atoms with Gasteiger partial charge >= 0.3 is 6.09 Å². The van der Waals surface area contributed by atoms with Crippen LogP contribution in [0, 0.1) is 6.92 Å². The predicted molar refractivity (Wildman–Crippen MR) is 220 cm³/mol. The van der Waals surface area contributed by atoms with E-state index in [-0.39, 0.29) is 24.3 Å². The number of hydrogen-bond donors (Lipinski definition) is 4. The molecule has 3 amide bonds. The Morgan fingerprint density at radius 3 is 2.45 bits per heavy atom. The Bertz CT molecular complexity index is 2390. The first kappa shape index (κ1) is 37.8. The Kier molecular flexibility index (Phi) is 11.4. The SMILES string of the molecule is Cc1cc(NC(=O)c2ccc(Sc3ccc(N)cc3)c(Nc3ncnc4nc(C(C)C)ccc34)c2)cc(NC(=O)C2CCCN2C(=O)OCc2ccccc2)c1. The Morgan fingerprint density at radius 1 is 0.911 bits per heavy atom. The molecule has 2 aromatic heterocycles. The molecule has 1 atom stereocenters. The van der Waals surface area contributed by atoms with E-state index < -0.39 is 12.1 Å². The second-order valence-electron chi connectivity index (χ2n) is 13.9. The standard InChI is InChI=1S/C43H42N8O4S/c1-26(2)35-17-16-34-39(49-35)45-25-46-40(34)50-36-22-29(11-18-38(36)56-33-14-12-30(44)13-15-33)41(52)47-31-20-27(3)21-32(23-31)48-42(53)37-10-7-19-51(37)43(54)55-24-28-8-5-4-6-9-28/h4-6,8-9,11-18,20-23,25-26,37H,7,10,19,24,44H2,1-3H3,(H,47,52)(H,48,53)(H,45,46,49,50). The molecular weight excluding hydrogens is 725 g/mol. The number of aromatic nitrogens is 3. The van der Waals surface area contributed by atoms with Gasteiger partial charge < -0.3 is 26.4 Å². The number of likely N-dealkylation sites (tertiary alicyclic amines) is 1.